The number of rotatable bonds is 2. The lowest BCUT2D eigenvalue weighted by Gasteiger charge is -2.45. The number of oxime groups is 1. The smallest absolute Gasteiger partial charge is 0.311 e. The molecule has 1 aromatic heterocycles. The van der Waals surface area contributed by atoms with Crippen molar-refractivity contribution >= 4 is 17.2 Å². The molecule has 1 spiro atoms. The van der Waals surface area contributed by atoms with Crippen molar-refractivity contribution in [2.75, 3.05) is 18.0 Å². The largest absolute Gasteiger partial charge is 0.384 e. The molecular weight excluding hydrogens is 358 g/mol. The minimum absolute atomic E-state index is 0.0169. The summed E-state index contributed by atoms with van der Waals surface area (Å²) in [6.07, 6.45) is 0.536. The van der Waals surface area contributed by atoms with E-state index in [1.807, 2.05) is 11.0 Å². The molecule has 0 amide bonds. The molecule has 8 heteroatoms. The fourth-order valence-corrected chi connectivity index (χ4v) is 3.28. The highest BCUT2D eigenvalue weighted by Crippen LogP contribution is 2.39. The Bertz CT molecular complexity index is 1100. The third-order valence-electron chi connectivity index (χ3n) is 4.63. The van der Waals surface area contributed by atoms with Gasteiger partial charge in [0.1, 0.15) is 5.71 Å². The monoisotopic (exact) mass is 373 g/mol. The Kier molecular flexibility index (Phi) is 4.17. The molecular formula is C20H15N5O3. The van der Waals surface area contributed by atoms with Crippen molar-refractivity contribution in [3.8, 4) is 17.9 Å². The van der Waals surface area contributed by atoms with E-state index in [9.17, 15) is 10.1 Å². The van der Waals surface area contributed by atoms with Crippen molar-refractivity contribution in [3.05, 3.63) is 63.3 Å². The van der Waals surface area contributed by atoms with E-state index in [4.69, 9.17) is 10.1 Å². The van der Waals surface area contributed by atoms with Gasteiger partial charge in [-0.15, -0.1) is 0 Å². The molecule has 0 atom stereocenters. The van der Waals surface area contributed by atoms with Crippen molar-refractivity contribution in [2.45, 2.75) is 18.9 Å². The highest BCUT2D eigenvalue weighted by Gasteiger charge is 2.51. The summed E-state index contributed by atoms with van der Waals surface area (Å²) in [6, 6.07) is 12.2. The first-order valence-electron chi connectivity index (χ1n) is 8.62. The van der Waals surface area contributed by atoms with Gasteiger partial charge in [-0.2, -0.15) is 5.26 Å². The molecule has 0 aliphatic carbocycles. The van der Waals surface area contributed by atoms with Crippen LogP contribution in [0.15, 0.2) is 41.6 Å². The van der Waals surface area contributed by atoms with Gasteiger partial charge >= 0.3 is 5.69 Å². The van der Waals surface area contributed by atoms with E-state index < -0.39 is 10.5 Å². The first-order valence-corrected chi connectivity index (χ1v) is 8.62. The Morgan fingerprint density at radius 1 is 1.25 bits per heavy atom. The van der Waals surface area contributed by atoms with Crippen LogP contribution in [0.4, 0.5) is 11.5 Å². The minimum atomic E-state index is -0.516. The number of benzene rings is 1. The summed E-state index contributed by atoms with van der Waals surface area (Å²) in [5.41, 5.74) is 2.09. The third kappa shape index (κ3) is 3.24. The SMILES string of the molecule is Cc1ccc([N+](=O)[O-])c(N2CC3(CC(C#Cc4cccc(C#N)c4)=NO3)C2)n1. The Morgan fingerprint density at radius 2 is 2.04 bits per heavy atom. The fraction of sp³-hybridized carbons (Fsp3) is 0.250. The van der Waals surface area contributed by atoms with Crippen molar-refractivity contribution in [1.82, 2.24) is 4.98 Å². The van der Waals surface area contributed by atoms with E-state index in [2.05, 4.69) is 28.0 Å². The highest BCUT2D eigenvalue weighted by atomic mass is 16.7. The second-order valence-corrected chi connectivity index (χ2v) is 6.84. The highest BCUT2D eigenvalue weighted by molar-refractivity contribution is 6.02. The van der Waals surface area contributed by atoms with Crippen molar-refractivity contribution in [3.63, 3.8) is 0 Å². The predicted molar refractivity (Wildman–Crippen MR) is 102 cm³/mol. The summed E-state index contributed by atoms with van der Waals surface area (Å²) < 4.78 is 0. The van der Waals surface area contributed by atoms with E-state index >= 15 is 0 Å². The number of nitro groups is 1. The van der Waals surface area contributed by atoms with Crippen molar-refractivity contribution < 1.29 is 9.76 Å². The number of hydrogen-bond acceptors (Lipinski definition) is 7. The molecule has 0 saturated carbocycles. The van der Waals surface area contributed by atoms with Crippen LogP contribution < -0.4 is 4.90 Å². The standard InChI is InChI=1S/C20H15N5O3/c1-14-5-8-18(25(26)27)19(22-14)24-12-20(13-24)10-17(23-28-20)7-6-15-3-2-4-16(9-15)11-21/h2-5,8-9H,10,12-13H2,1H3. The molecule has 2 aromatic rings. The lowest BCUT2D eigenvalue weighted by Crippen LogP contribution is -2.62. The Labute approximate surface area is 161 Å². The first-order chi connectivity index (χ1) is 13.5. The molecule has 138 valence electrons. The van der Waals surface area contributed by atoms with Crippen LogP contribution in [0.2, 0.25) is 0 Å². The van der Waals surface area contributed by atoms with Gasteiger partial charge in [-0.05, 0) is 37.1 Å². The average Bonchev–Trinajstić information content (AvgIpc) is 3.10. The number of anilines is 1. The van der Waals surface area contributed by atoms with E-state index in [1.165, 1.54) is 6.07 Å². The number of aromatic nitrogens is 1. The van der Waals surface area contributed by atoms with Crippen LogP contribution in [0.3, 0.4) is 0 Å². The maximum atomic E-state index is 11.3. The third-order valence-corrected chi connectivity index (χ3v) is 4.63. The number of aryl methyl sites for hydroxylation is 1. The van der Waals surface area contributed by atoms with E-state index in [0.717, 1.165) is 11.3 Å². The summed E-state index contributed by atoms with van der Waals surface area (Å²) in [6.45, 7) is 2.72. The van der Waals surface area contributed by atoms with Gasteiger partial charge < -0.3 is 9.74 Å². The van der Waals surface area contributed by atoms with E-state index in [1.54, 1.807) is 31.2 Å². The molecule has 3 heterocycles. The van der Waals surface area contributed by atoms with Crippen LogP contribution in [-0.2, 0) is 4.84 Å². The molecule has 2 aliphatic heterocycles. The zero-order chi connectivity index (χ0) is 19.7. The van der Waals surface area contributed by atoms with Crippen LogP contribution in [-0.4, -0.2) is 34.3 Å². The zero-order valence-corrected chi connectivity index (χ0v) is 15.0. The Hall–Kier alpha value is -3.91. The van der Waals surface area contributed by atoms with Gasteiger partial charge in [0, 0.05) is 23.7 Å². The molecule has 1 fully saturated rings. The molecule has 1 aromatic carbocycles. The van der Waals surface area contributed by atoms with Crippen LogP contribution in [0.1, 0.15) is 23.2 Å². The minimum Gasteiger partial charge on any atom is -0.384 e. The van der Waals surface area contributed by atoms with Gasteiger partial charge in [0.25, 0.3) is 0 Å². The molecule has 1 saturated heterocycles. The summed E-state index contributed by atoms with van der Waals surface area (Å²) in [5, 5.41) is 24.3. The van der Waals surface area contributed by atoms with Gasteiger partial charge in [-0.25, -0.2) is 4.98 Å². The molecule has 0 bridgehead atoms. The second kappa shape index (κ2) is 6.67. The average molecular weight is 373 g/mol. The fourth-order valence-electron chi connectivity index (χ4n) is 3.28. The van der Waals surface area contributed by atoms with Gasteiger partial charge in [-0.1, -0.05) is 17.1 Å². The topological polar surface area (TPSA) is 105 Å². The maximum absolute atomic E-state index is 11.3. The summed E-state index contributed by atoms with van der Waals surface area (Å²) in [4.78, 5) is 22.6. The molecule has 0 N–H and O–H groups in total. The Morgan fingerprint density at radius 3 is 2.79 bits per heavy atom. The summed E-state index contributed by atoms with van der Waals surface area (Å²) in [7, 11) is 0. The predicted octanol–water partition coefficient (Wildman–Crippen LogP) is 2.56. The molecule has 28 heavy (non-hydrogen) atoms. The number of nitriles is 1. The van der Waals surface area contributed by atoms with Gasteiger partial charge in [0.05, 0.1) is 29.6 Å². The van der Waals surface area contributed by atoms with Crippen molar-refractivity contribution in [2.24, 2.45) is 5.16 Å². The quantitative estimate of drug-likeness (QED) is 0.455. The van der Waals surface area contributed by atoms with E-state index in [0.29, 0.717) is 36.6 Å². The number of hydrogen-bond donors (Lipinski definition) is 0. The normalized spacial score (nSPS) is 16.3. The lowest BCUT2D eigenvalue weighted by molar-refractivity contribution is -0.384. The van der Waals surface area contributed by atoms with Gasteiger partial charge in [0.2, 0.25) is 5.82 Å². The molecule has 0 unspecified atom stereocenters. The van der Waals surface area contributed by atoms with Crippen LogP contribution in [0.5, 0.6) is 0 Å². The number of nitrogens with zero attached hydrogens (tertiary/aromatic N) is 5. The van der Waals surface area contributed by atoms with Crippen molar-refractivity contribution in [1.29, 1.82) is 5.26 Å². The van der Waals surface area contributed by atoms with Gasteiger partial charge in [0.15, 0.2) is 5.60 Å². The van der Waals surface area contributed by atoms with Gasteiger partial charge in [-0.3, -0.25) is 10.1 Å². The van der Waals surface area contributed by atoms with Crippen LogP contribution >= 0.6 is 0 Å². The summed E-state index contributed by atoms with van der Waals surface area (Å²) >= 11 is 0. The molecule has 8 nitrogen and oxygen atoms in total. The molecule has 2 aliphatic rings. The van der Waals surface area contributed by atoms with Crippen LogP contribution in [0, 0.1) is 40.2 Å². The summed E-state index contributed by atoms with van der Waals surface area (Å²) in [5.74, 6) is 6.34. The van der Waals surface area contributed by atoms with E-state index in [-0.39, 0.29) is 5.69 Å². The number of pyridine rings is 1. The first kappa shape index (κ1) is 17.5. The second-order valence-electron chi connectivity index (χ2n) is 6.84. The lowest BCUT2D eigenvalue weighted by atomic mass is 9.88. The Balaban J connectivity index is 1.44. The zero-order valence-electron chi connectivity index (χ0n) is 15.0. The molecule has 4 rings (SSSR count). The maximum Gasteiger partial charge on any atom is 0.311 e. The van der Waals surface area contributed by atoms with Crippen LogP contribution in [0.25, 0.3) is 0 Å². The molecule has 0 radical (unpaired) electrons.